The number of amides is 1. The molecule has 2 rings (SSSR count). The van der Waals surface area contributed by atoms with E-state index in [1.807, 2.05) is 48.5 Å². The molecule has 3 nitrogen and oxygen atoms in total. The molecule has 0 unspecified atom stereocenters. The van der Waals surface area contributed by atoms with Crippen LogP contribution in [0.1, 0.15) is 11.1 Å². The highest BCUT2D eigenvalue weighted by Crippen LogP contribution is 2.15. The summed E-state index contributed by atoms with van der Waals surface area (Å²) in [6.07, 6.45) is 0.337. The molecule has 98 valence electrons. The van der Waals surface area contributed by atoms with E-state index in [4.69, 9.17) is 5.73 Å². The summed E-state index contributed by atoms with van der Waals surface area (Å²) in [5.74, 6) is -0.0387. The minimum atomic E-state index is -0.0387. The van der Waals surface area contributed by atoms with Gasteiger partial charge >= 0.3 is 0 Å². The van der Waals surface area contributed by atoms with Gasteiger partial charge < -0.3 is 11.1 Å². The number of nitrogens with two attached hydrogens (primary N) is 1. The Balaban J connectivity index is 2.03. The van der Waals surface area contributed by atoms with E-state index in [9.17, 15) is 4.79 Å². The van der Waals surface area contributed by atoms with Crippen molar-refractivity contribution < 1.29 is 4.79 Å². The second-order valence-corrected chi connectivity index (χ2v) is 5.12. The van der Waals surface area contributed by atoms with Gasteiger partial charge in [0.15, 0.2) is 0 Å². The highest BCUT2D eigenvalue weighted by Gasteiger charge is 2.07. The van der Waals surface area contributed by atoms with E-state index in [0.29, 0.717) is 13.0 Å². The predicted octanol–water partition coefficient (Wildman–Crippen LogP) is 3.09. The van der Waals surface area contributed by atoms with Crippen molar-refractivity contribution in [2.75, 3.05) is 5.32 Å². The van der Waals surface area contributed by atoms with E-state index < -0.39 is 0 Å². The van der Waals surface area contributed by atoms with E-state index in [-0.39, 0.29) is 5.91 Å². The van der Waals surface area contributed by atoms with Crippen LogP contribution in [0.4, 0.5) is 5.69 Å². The number of hydrogen-bond donors (Lipinski definition) is 2. The fraction of sp³-hybridized carbons (Fsp3) is 0.133. The van der Waals surface area contributed by atoms with Crippen LogP contribution in [0.2, 0.25) is 0 Å². The molecule has 2 aromatic rings. The van der Waals surface area contributed by atoms with Gasteiger partial charge in [0.2, 0.25) is 5.91 Å². The lowest BCUT2D eigenvalue weighted by Crippen LogP contribution is -2.16. The molecule has 0 aliphatic rings. The highest BCUT2D eigenvalue weighted by atomic mass is 79.9. The van der Waals surface area contributed by atoms with Gasteiger partial charge in [-0.2, -0.15) is 0 Å². The van der Waals surface area contributed by atoms with Gasteiger partial charge in [0.1, 0.15) is 0 Å². The smallest absolute Gasteiger partial charge is 0.228 e. The maximum atomic E-state index is 12.0. The lowest BCUT2D eigenvalue weighted by atomic mass is 10.0. The van der Waals surface area contributed by atoms with Crippen molar-refractivity contribution >= 4 is 27.5 Å². The lowest BCUT2D eigenvalue weighted by molar-refractivity contribution is -0.115. The zero-order valence-corrected chi connectivity index (χ0v) is 12.0. The minimum Gasteiger partial charge on any atom is -0.326 e. The quantitative estimate of drug-likeness (QED) is 0.910. The Morgan fingerprint density at radius 2 is 1.68 bits per heavy atom. The summed E-state index contributed by atoms with van der Waals surface area (Å²) in [6.45, 7) is 0.446. The van der Waals surface area contributed by atoms with Gasteiger partial charge in [0, 0.05) is 16.7 Å². The Morgan fingerprint density at radius 1 is 1.05 bits per heavy atom. The Hall–Kier alpha value is -1.65. The van der Waals surface area contributed by atoms with Crippen LogP contribution in [-0.2, 0) is 17.8 Å². The topological polar surface area (TPSA) is 55.1 Å². The van der Waals surface area contributed by atoms with Crippen molar-refractivity contribution in [1.29, 1.82) is 0 Å². The fourth-order valence-electron chi connectivity index (χ4n) is 1.84. The summed E-state index contributed by atoms with van der Waals surface area (Å²) in [7, 11) is 0. The zero-order valence-electron chi connectivity index (χ0n) is 10.4. The molecule has 0 spiro atoms. The van der Waals surface area contributed by atoms with E-state index in [1.54, 1.807) is 0 Å². The summed E-state index contributed by atoms with van der Waals surface area (Å²) in [4.78, 5) is 12.0. The van der Waals surface area contributed by atoms with Gasteiger partial charge in [-0.1, -0.05) is 40.2 Å². The standard InChI is InChI=1S/C15H15BrN2O/c16-13-5-7-14(8-6-13)18-15(19)9-11-3-1-2-4-12(11)10-17/h1-8H,9-10,17H2,(H,18,19). The first kappa shape index (κ1) is 13.8. The van der Waals surface area contributed by atoms with Gasteiger partial charge in [-0.05, 0) is 35.4 Å². The number of nitrogens with one attached hydrogen (secondary N) is 1. The maximum Gasteiger partial charge on any atom is 0.228 e. The number of hydrogen-bond acceptors (Lipinski definition) is 2. The third-order valence-electron chi connectivity index (χ3n) is 2.82. The van der Waals surface area contributed by atoms with Crippen LogP contribution in [0.3, 0.4) is 0 Å². The van der Waals surface area contributed by atoms with Crippen molar-refractivity contribution in [1.82, 2.24) is 0 Å². The number of carbonyl (C=O) groups is 1. The molecule has 0 heterocycles. The first-order valence-corrected chi connectivity index (χ1v) is 6.80. The van der Waals surface area contributed by atoms with Crippen LogP contribution in [0.25, 0.3) is 0 Å². The Kier molecular flexibility index (Phi) is 4.71. The van der Waals surface area contributed by atoms with E-state index >= 15 is 0 Å². The molecule has 0 saturated heterocycles. The summed E-state index contributed by atoms with van der Waals surface area (Å²) >= 11 is 3.36. The molecule has 0 radical (unpaired) electrons. The number of benzene rings is 2. The van der Waals surface area contributed by atoms with Crippen LogP contribution in [-0.4, -0.2) is 5.91 Å². The van der Waals surface area contributed by atoms with Crippen molar-refractivity contribution in [2.45, 2.75) is 13.0 Å². The highest BCUT2D eigenvalue weighted by molar-refractivity contribution is 9.10. The largest absolute Gasteiger partial charge is 0.326 e. The van der Waals surface area contributed by atoms with Gasteiger partial charge in [-0.25, -0.2) is 0 Å². The molecule has 1 amide bonds. The lowest BCUT2D eigenvalue weighted by Gasteiger charge is -2.08. The minimum absolute atomic E-state index is 0.0387. The Bertz CT molecular complexity index is 567. The summed E-state index contributed by atoms with van der Waals surface area (Å²) in [5.41, 5.74) is 8.43. The maximum absolute atomic E-state index is 12.0. The molecular weight excluding hydrogens is 304 g/mol. The normalized spacial score (nSPS) is 10.2. The molecule has 0 aliphatic heterocycles. The molecule has 3 N–H and O–H groups in total. The van der Waals surface area contributed by atoms with Gasteiger partial charge in [-0.3, -0.25) is 4.79 Å². The number of halogens is 1. The van der Waals surface area contributed by atoms with E-state index in [2.05, 4.69) is 21.2 Å². The van der Waals surface area contributed by atoms with E-state index in [0.717, 1.165) is 21.3 Å². The van der Waals surface area contributed by atoms with Crippen LogP contribution in [0.5, 0.6) is 0 Å². The van der Waals surface area contributed by atoms with Crippen molar-refractivity contribution in [2.24, 2.45) is 5.73 Å². The molecule has 0 bridgehead atoms. The first-order chi connectivity index (χ1) is 9.19. The monoisotopic (exact) mass is 318 g/mol. The summed E-state index contributed by atoms with van der Waals surface area (Å²) in [5, 5.41) is 2.87. The Morgan fingerprint density at radius 3 is 2.32 bits per heavy atom. The molecule has 2 aromatic carbocycles. The molecular formula is C15H15BrN2O. The van der Waals surface area contributed by atoms with Crippen LogP contribution in [0, 0.1) is 0 Å². The van der Waals surface area contributed by atoms with Gasteiger partial charge in [-0.15, -0.1) is 0 Å². The number of anilines is 1. The fourth-order valence-corrected chi connectivity index (χ4v) is 2.10. The van der Waals surface area contributed by atoms with Crippen molar-refractivity contribution in [3.63, 3.8) is 0 Å². The van der Waals surface area contributed by atoms with E-state index in [1.165, 1.54) is 0 Å². The predicted molar refractivity (Wildman–Crippen MR) is 80.8 cm³/mol. The molecule has 4 heteroatoms. The molecule has 0 aromatic heterocycles. The molecule has 0 saturated carbocycles. The second-order valence-electron chi connectivity index (χ2n) is 4.20. The van der Waals surface area contributed by atoms with Gasteiger partial charge in [0.05, 0.1) is 6.42 Å². The SMILES string of the molecule is NCc1ccccc1CC(=O)Nc1ccc(Br)cc1. The first-order valence-electron chi connectivity index (χ1n) is 6.01. The van der Waals surface area contributed by atoms with Crippen LogP contribution >= 0.6 is 15.9 Å². The molecule has 0 atom stereocenters. The molecule has 0 fully saturated rings. The third-order valence-corrected chi connectivity index (χ3v) is 3.35. The molecule has 19 heavy (non-hydrogen) atoms. The average Bonchev–Trinajstić information content (AvgIpc) is 2.42. The zero-order chi connectivity index (χ0) is 13.7. The van der Waals surface area contributed by atoms with Gasteiger partial charge in [0.25, 0.3) is 0 Å². The number of rotatable bonds is 4. The summed E-state index contributed by atoms with van der Waals surface area (Å²) in [6, 6.07) is 15.2. The summed E-state index contributed by atoms with van der Waals surface area (Å²) < 4.78 is 0.985. The Labute approximate surface area is 121 Å². The third kappa shape index (κ3) is 3.91. The average molecular weight is 319 g/mol. The van der Waals surface area contributed by atoms with Crippen molar-refractivity contribution in [3.8, 4) is 0 Å². The van der Waals surface area contributed by atoms with Crippen molar-refractivity contribution in [3.05, 3.63) is 64.1 Å². The second kappa shape index (κ2) is 6.50. The number of carbonyl (C=O) groups excluding carboxylic acids is 1. The molecule has 0 aliphatic carbocycles. The van der Waals surface area contributed by atoms with Crippen LogP contribution < -0.4 is 11.1 Å². The van der Waals surface area contributed by atoms with Crippen LogP contribution in [0.15, 0.2) is 53.0 Å².